The maximum absolute atomic E-state index is 14.8. The van der Waals surface area contributed by atoms with Gasteiger partial charge >= 0.3 is 5.97 Å². The van der Waals surface area contributed by atoms with Crippen molar-refractivity contribution in [3.05, 3.63) is 58.2 Å². The Bertz CT molecular complexity index is 2250. The highest BCUT2D eigenvalue weighted by atomic mass is 32.1. The zero-order valence-electron chi connectivity index (χ0n) is 36.7. The minimum atomic E-state index is -1.11. The second-order valence-corrected chi connectivity index (χ2v) is 19.0. The highest BCUT2D eigenvalue weighted by Crippen LogP contribution is 2.46. The van der Waals surface area contributed by atoms with E-state index in [0.29, 0.717) is 69.8 Å². The van der Waals surface area contributed by atoms with Gasteiger partial charge in [-0.25, -0.2) is 10.4 Å². The van der Waals surface area contributed by atoms with Crippen LogP contribution in [-0.4, -0.2) is 114 Å². The van der Waals surface area contributed by atoms with E-state index in [0.717, 1.165) is 44.7 Å². The van der Waals surface area contributed by atoms with Crippen molar-refractivity contribution in [3.63, 3.8) is 0 Å². The molecule has 1 unspecified atom stereocenters. The number of amides is 2. The van der Waals surface area contributed by atoms with E-state index in [1.54, 1.807) is 13.3 Å². The van der Waals surface area contributed by atoms with Crippen LogP contribution in [0.15, 0.2) is 41.9 Å². The lowest BCUT2D eigenvalue weighted by molar-refractivity contribution is -0.157. The van der Waals surface area contributed by atoms with Crippen molar-refractivity contribution in [1.29, 1.82) is 0 Å². The van der Waals surface area contributed by atoms with E-state index < -0.39 is 29.6 Å². The number of hydrogen-bond acceptors (Lipinski definition) is 12. The lowest BCUT2D eigenvalue weighted by Crippen LogP contribution is -2.61. The normalized spacial score (nSPS) is 26.1. The van der Waals surface area contributed by atoms with Crippen LogP contribution >= 0.6 is 11.3 Å². The molecule has 2 amide bonds. The Labute approximate surface area is 362 Å². The smallest absolute Gasteiger partial charge is 0.324 e. The number of fused-ring (bicyclic) bond motifs is 6. The average Bonchev–Trinajstić information content (AvgIpc) is 3.52. The van der Waals surface area contributed by atoms with Gasteiger partial charge in [-0.2, -0.15) is 0 Å². The molecule has 1 aromatic carbocycles. The molecule has 6 bridgehead atoms. The summed E-state index contributed by atoms with van der Waals surface area (Å²) in [7, 11) is 3.73. The highest BCUT2D eigenvalue weighted by molar-refractivity contribution is 7.10. The van der Waals surface area contributed by atoms with Crippen LogP contribution in [0.2, 0.25) is 0 Å². The van der Waals surface area contributed by atoms with Crippen LogP contribution in [-0.2, 0) is 46.3 Å². The van der Waals surface area contributed by atoms with Gasteiger partial charge in [-0.15, -0.1) is 11.3 Å². The van der Waals surface area contributed by atoms with Gasteiger partial charge in [0.05, 0.1) is 55.7 Å². The zero-order valence-corrected chi connectivity index (χ0v) is 37.5. The molecule has 3 aromatic heterocycles. The van der Waals surface area contributed by atoms with Crippen LogP contribution in [0.5, 0.6) is 0 Å². The van der Waals surface area contributed by atoms with E-state index in [9.17, 15) is 14.4 Å². The summed E-state index contributed by atoms with van der Waals surface area (Å²) in [4.78, 5) is 54.9. The van der Waals surface area contributed by atoms with Crippen molar-refractivity contribution in [2.75, 3.05) is 53.7 Å². The Morgan fingerprint density at radius 2 is 1.97 bits per heavy atom. The molecule has 2 saturated heterocycles. The average molecular weight is 856 g/mol. The number of esters is 1. The molecule has 328 valence electrons. The molecule has 61 heavy (non-hydrogen) atoms. The van der Waals surface area contributed by atoms with Crippen LogP contribution in [0.1, 0.15) is 82.9 Å². The number of aromatic nitrogens is 3. The number of thiazole rings is 1. The highest BCUT2D eigenvalue weighted by Gasteiger charge is 2.50. The van der Waals surface area contributed by atoms with Crippen LogP contribution in [0, 0.1) is 23.2 Å². The third-order valence-electron chi connectivity index (χ3n) is 13.4. The number of hydrogen-bond donors (Lipinski definition) is 2. The Morgan fingerprint density at radius 3 is 2.67 bits per heavy atom. The lowest BCUT2D eigenvalue weighted by atomic mass is 9.84. The fourth-order valence-electron chi connectivity index (χ4n) is 9.13. The van der Waals surface area contributed by atoms with Gasteiger partial charge in [-0.05, 0) is 81.8 Å². The molecule has 4 aromatic rings. The Kier molecular flexibility index (Phi) is 12.7. The van der Waals surface area contributed by atoms with Gasteiger partial charge in [0.2, 0.25) is 5.91 Å². The van der Waals surface area contributed by atoms with E-state index in [2.05, 4.69) is 79.1 Å². The van der Waals surface area contributed by atoms with Gasteiger partial charge in [0.15, 0.2) is 0 Å². The number of hydrazine groups is 1. The molecule has 2 N–H and O–H groups in total. The zero-order chi connectivity index (χ0) is 43.2. The topological polar surface area (TPSA) is 149 Å². The van der Waals surface area contributed by atoms with Gasteiger partial charge in [-0.1, -0.05) is 33.8 Å². The number of rotatable bonds is 11. The number of carbonyl (C=O) groups excluding carboxylic acids is 3. The second kappa shape index (κ2) is 17.9. The molecule has 0 radical (unpaired) electrons. The summed E-state index contributed by atoms with van der Waals surface area (Å²) in [5.41, 5.74) is 9.47. The Morgan fingerprint density at radius 1 is 1.18 bits per heavy atom. The summed E-state index contributed by atoms with van der Waals surface area (Å²) in [5.74, 6) is -0.795. The maximum atomic E-state index is 14.8. The lowest BCUT2D eigenvalue weighted by Gasteiger charge is -2.37. The summed E-state index contributed by atoms with van der Waals surface area (Å²) in [6.45, 7) is 16.0. The van der Waals surface area contributed by atoms with E-state index >= 15 is 0 Å². The summed E-state index contributed by atoms with van der Waals surface area (Å²) in [5, 5.41) is 8.27. The number of likely N-dealkylation sites (N-methyl/N-ethyl adjacent to an activating group) is 1. The third kappa shape index (κ3) is 8.74. The second-order valence-electron chi connectivity index (χ2n) is 18.1. The predicted octanol–water partition coefficient (Wildman–Crippen LogP) is 5.95. The number of aryl methyl sites for hydroxylation is 1. The van der Waals surface area contributed by atoms with Crippen molar-refractivity contribution < 1.29 is 33.3 Å². The van der Waals surface area contributed by atoms with E-state index in [-0.39, 0.29) is 42.3 Å². The number of cyclic esters (lactones) is 1. The third-order valence-corrected chi connectivity index (χ3v) is 14.3. The van der Waals surface area contributed by atoms with E-state index in [1.807, 2.05) is 25.4 Å². The molecule has 6 heterocycles. The monoisotopic (exact) mass is 855 g/mol. The number of benzene rings is 1. The van der Waals surface area contributed by atoms with Gasteiger partial charge < -0.3 is 28.8 Å². The Hall–Kier alpha value is -4.25. The molecule has 1 saturated carbocycles. The predicted molar refractivity (Wildman–Crippen MR) is 233 cm³/mol. The summed E-state index contributed by atoms with van der Waals surface area (Å²) >= 11 is 1.42. The molecule has 8 rings (SSSR count). The van der Waals surface area contributed by atoms with Crippen molar-refractivity contribution in [2.24, 2.45) is 23.2 Å². The van der Waals surface area contributed by atoms with Crippen LogP contribution < -0.4 is 10.7 Å². The molecule has 14 nitrogen and oxygen atoms in total. The molecule has 1 aliphatic carbocycles. The van der Waals surface area contributed by atoms with Crippen LogP contribution in [0.4, 0.5) is 0 Å². The largest absolute Gasteiger partial charge is 0.464 e. The molecular weight excluding hydrogens is 795 g/mol. The molecule has 15 heteroatoms. The molecule has 3 aliphatic heterocycles. The first-order valence-electron chi connectivity index (χ1n) is 21.8. The quantitative estimate of drug-likeness (QED) is 0.173. The fourth-order valence-corrected chi connectivity index (χ4v) is 10.0. The van der Waals surface area contributed by atoms with Crippen LogP contribution in [0.3, 0.4) is 0 Å². The van der Waals surface area contributed by atoms with Gasteiger partial charge in [0.1, 0.15) is 23.2 Å². The molecule has 4 aliphatic rings. The Balaban J connectivity index is 1.26. The minimum absolute atomic E-state index is 0.160. The van der Waals surface area contributed by atoms with E-state index in [4.69, 9.17) is 28.9 Å². The summed E-state index contributed by atoms with van der Waals surface area (Å²) < 4.78 is 26.5. The first kappa shape index (κ1) is 43.4. The molecule has 7 atom stereocenters. The first-order chi connectivity index (χ1) is 29.3. The maximum Gasteiger partial charge on any atom is 0.324 e. The summed E-state index contributed by atoms with van der Waals surface area (Å²) in [6, 6.07) is 8.97. The van der Waals surface area contributed by atoms with Gasteiger partial charge in [0, 0.05) is 71.7 Å². The number of pyridine rings is 1. The van der Waals surface area contributed by atoms with Crippen molar-refractivity contribution in [2.45, 2.75) is 97.7 Å². The minimum Gasteiger partial charge on any atom is -0.464 e. The number of nitrogens with zero attached hydrogens (tertiary/aromatic N) is 5. The molecule has 3 fully saturated rings. The van der Waals surface area contributed by atoms with E-state index in [1.165, 1.54) is 16.3 Å². The molecule has 0 spiro atoms. The van der Waals surface area contributed by atoms with Crippen LogP contribution in [0.25, 0.3) is 33.4 Å². The number of ether oxygens (including phenoxy) is 4. The standard InChI is InChI=1S/C46H61N7O7S/c1-9-52-36-15-14-29-20-32(36)33(40(52)31-12-10-16-47-38(31)28(4)57-8)21-46(5,6)25-60-45(56)34-13-11-17-53(50-34)44(55)39(49-42(54)37-26(2)27(37)3)41(43-48-35(29)24-61-43)59-19-18-51(7)30-22-58-23-30/h10,12,14-16,20,24,26-28,30,34,37,39,41,50H,9,11,13,17-19,21-23,25H2,1-8H3,(H,49,54)/t26-,27+,28-,34-,37?,39-,41-/m0/s1. The number of nitrogens with one attached hydrogen (secondary N) is 2. The number of methoxy groups -OCH3 is 1. The van der Waals surface area contributed by atoms with Crippen molar-refractivity contribution in [3.8, 4) is 22.5 Å². The SMILES string of the molecule is CCn1c(-c2cccnc2[C@H](C)OC)c2c3cc(ccc31)-c1csc(n1)[C@@H](OCCN(C)C1COC1)[C@H](NC(=O)C1[C@@H](C)[C@H]1C)C(=O)N1CCC[C@H](N1)C(=O)OCC(C)(C)C2. The number of carbonyl (C=O) groups is 3. The van der Waals surface area contributed by atoms with Crippen molar-refractivity contribution >= 4 is 40.0 Å². The van der Waals surface area contributed by atoms with Crippen molar-refractivity contribution in [1.82, 2.24) is 35.2 Å². The summed E-state index contributed by atoms with van der Waals surface area (Å²) in [6.07, 6.45) is 2.33. The van der Waals surface area contributed by atoms with Gasteiger partial charge in [-0.3, -0.25) is 29.3 Å². The molecular formula is C46H61N7O7S. The van der Waals surface area contributed by atoms with Gasteiger partial charge in [0.25, 0.3) is 5.91 Å². The first-order valence-corrected chi connectivity index (χ1v) is 22.7. The fraction of sp³-hybridized carbons (Fsp3) is 0.587.